The summed E-state index contributed by atoms with van der Waals surface area (Å²) in [6.45, 7) is 2.90. The number of ketones is 1. The molecular formula is C9H13NO3. The average molecular weight is 183 g/mol. The SMILES string of the molecule is COC(=O)[C@@](C)(C#N)CCC(C)=O. The molecule has 0 rings (SSSR count). The van der Waals surface area contributed by atoms with E-state index < -0.39 is 11.4 Å². The van der Waals surface area contributed by atoms with Crippen LogP contribution in [-0.2, 0) is 14.3 Å². The van der Waals surface area contributed by atoms with E-state index in [0.29, 0.717) is 0 Å². The molecule has 0 saturated carbocycles. The molecule has 0 aliphatic carbocycles. The molecule has 0 spiro atoms. The number of nitrogens with zero attached hydrogens (tertiary/aromatic N) is 1. The second kappa shape index (κ2) is 4.61. The highest BCUT2D eigenvalue weighted by Gasteiger charge is 2.34. The summed E-state index contributed by atoms with van der Waals surface area (Å²) >= 11 is 0. The summed E-state index contributed by atoms with van der Waals surface area (Å²) in [4.78, 5) is 21.8. The molecular weight excluding hydrogens is 170 g/mol. The van der Waals surface area contributed by atoms with Crippen LogP contribution in [0, 0.1) is 16.7 Å². The number of esters is 1. The van der Waals surface area contributed by atoms with E-state index >= 15 is 0 Å². The van der Waals surface area contributed by atoms with Crippen LogP contribution in [0.2, 0.25) is 0 Å². The van der Waals surface area contributed by atoms with Gasteiger partial charge in [-0.15, -0.1) is 0 Å². The molecule has 13 heavy (non-hydrogen) atoms. The van der Waals surface area contributed by atoms with Crippen molar-refractivity contribution in [2.45, 2.75) is 26.7 Å². The third kappa shape index (κ3) is 3.24. The first-order chi connectivity index (χ1) is 5.96. The van der Waals surface area contributed by atoms with Crippen LogP contribution in [-0.4, -0.2) is 18.9 Å². The maximum Gasteiger partial charge on any atom is 0.325 e. The summed E-state index contributed by atoms with van der Waals surface area (Å²) in [6.07, 6.45) is 0.435. The lowest BCUT2D eigenvalue weighted by Crippen LogP contribution is -2.27. The second-order valence-corrected chi connectivity index (χ2v) is 3.14. The van der Waals surface area contributed by atoms with Crippen molar-refractivity contribution in [3.63, 3.8) is 0 Å². The molecule has 0 bridgehead atoms. The van der Waals surface area contributed by atoms with Gasteiger partial charge in [0.05, 0.1) is 13.2 Å². The Hall–Kier alpha value is -1.37. The fourth-order valence-electron chi connectivity index (χ4n) is 0.855. The molecule has 4 heteroatoms. The van der Waals surface area contributed by atoms with Crippen molar-refractivity contribution in [1.29, 1.82) is 5.26 Å². The van der Waals surface area contributed by atoms with Gasteiger partial charge in [0.15, 0.2) is 5.41 Å². The number of ether oxygens (including phenoxy) is 1. The van der Waals surface area contributed by atoms with Crippen molar-refractivity contribution in [3.05, 3.63) is 0 Å². The number of hydrogen-bond acceptors (Lipinski definition) is 4. The molecule has 0 aromatic carbocycles. The molecule has 0 saturated heterocycles. The maximum absolute atomic E-state index is 11.1. The van der Waals surface area contributed by atoms with Gasteiger partial charge in [-0.2, -0.15) is 5.26 Å². The van der Waals surface area contributed by atoms with Crippen LogP contribution in [0.4, 0.5) is 0 Å². The van der Waals surface area contributed by atoms with Crippen molar-refractivity contribution in [1.82, 2.24) is 0 Å². The van der Waals surface area contributed by atoms with E-state index in [9.17, 15) is 9.59 Å². The Morgan fingerprint density at radius 1 is 1.54 bits per heavy atom. The topological polar surface area (TPSA) is 67.2 Å². The Morgan fingerprint density at radius 3 is 2.38 bits per heavy atom. The Morgan fingerprint density at radius 2 is 2.08 bits per heavy atom. The molecule has 0 unspecified atom stereocenters. The van der Waals surface area contributed by atoms with Crippen molar-refractivity contribution in [2.24, 2.45) is 5.41 Å². The molecule has 72 valence electrons. The number of methoxy groups -OCH3 is 1. The van der Waals surface area contributed by atoms with Crippen molar-refractivity contribution < 1.29 is 14.3 Å². The number of nitriles is 1. The van der Waals surface area contributed by atoms with Crippen LogP contribution in [0.25, 0.3) is 0 Å². The first-order valence-electron chi connectivity index (χ1n) is 3.95. The Bertz CT molecular complexity index is 254. The lowest BCUT2D eigenvalue weighted by molar-refractivity contribution is -0.148. The molecule has 0 amide bonds. The Kier molecular flexibility index (Phi) is 4.12. The van der Waals surface area contributed by atoms with Crippen LogP contribution in [0.1, 0.15) is 26.7 Å². The van der Waals surface area contributed by atoms with Crippen molar-refractivity contribution in [3.8, 4) is 6.07 Å². The summed E-state index contributed by atoms with van der Waals surface area (Å²) in [6, 6.07) is 1.86. The third-order valence-electron chi connectivity index (χ3n) is 1.86. The lowest BCUT2D eigenvalue weighted by atomic mass is 9.86. The number of hydrogen-bond donors (Lipinski definition) is 0. The highest BCUT2D eigenvalue weighted by molar-refractivity contribution is 5.81. The molecule has 0 N–H and O–H groups in total. The van der Waals surface area contributed by atoms with Crippen molar-refractivity contribution >= 4 is 11.8 Å². The van der Waals surface area contributed by atoms with Gasteiger partial charge in [-0.3, -0.25) is 4.79 Å². The summed E-state index contributed by atoms with van der Waals surface area (Å²) < 4.78 is 4.47. The molecule has 0 aromatic rings. The van der Waals surface area contributed by atoms with Gasteiger partial charge in [0.1, 0.15) is 5.78 Å². The van der Waals surface area contributed by atoms with Crippen LogP contribution < -0.4 is 0 Å². The zero-order valence-corrected chi connectivity index (χ0v) is 8.09. The van der Waals surface area contributed by atoms with E-state index in [-0.39, 0.29) is 18.6 Å². The zero-order valence-electron chi connectivity index (χ0n) is 8.09. The summed E-state index contributed by atoms with van der Waals surface area (Å²) in [5.41, 5.74) is -1.19. The van der Waals surface area contributed by atoms with Crippen LogP contribution in [0.15, 0.2) is 0 Å². The molecule has 0 aliphatic heterocycles. The van der Waals surface area contributed by atoms with E-state index in [2.05, 4.69) is 4.74 Å². The fraction of sp³-hybridized carbons (Fsp3) is 0.667. The monoisotopic (exact) mass is 183 g/mol. The molecule has 0 aromatic heterocycles. The quantitative estimate of drug-likeness (QED) is 0.611. The minimum atomic E-state index is -1.19. The van der Waals surface area contributed by atoms with Gasteiger partial charge < -0.3 is 9.53 Å². The van der Waals surface area contributed by atoms with Gasteiger partial charge in [-0.25, -0.2) is 0 Å². The molecule has 0 fully saturated rings. The Labute approximate surface area is 77.5 Å². The standard InChI is InChI=1S/C9H13NO3/c1-7(11)4-5-9(2,6-10)8(12)13-3/h4-5H2,1-3H3/t9-/m1/s1. The Balaban J connectivity index is 4.39. The maximum atomic E-state index is 11.1. The number of carbonyl (C=O) groups excluding carboxylic acids is 2. The highest BCUT2D eigenvalue weighted by atomic mass is 16.5. The smallest absolute Gasteiger partial charge is 0.325 e. The summed E-state index contributed by atoms with van der Waals surface area (Å²) in [7, 11) is 1.23. The highest BCUT2D eigenvalue weighted by Crippen LogP contribution is 2.23. The molecule has 1 atom stereocenters. The predicted molar refractivity (Wildman–Crippen MR) is 45.7 cm³/mol. The first-order valence-corrected chi connectivity index (χ1v) is 3.95. The van der Waals surface area contributed by atoms with E-state index in [4.69, 9.17) is 5.26 Å². The molecule has 4 nitrogen and oxygen atoms in total. The summed E-state index contributed by atoms with van der Waals surface area (Å²) in [5.74, 6) is -0.623. The third-order valence-corrected chi connectivity index (χ3v) is 1.86. The number of carbonyl (C=O) groups is 2. The molecule has 0 radical (unpaired) electrons. The van der Waals surface area contributed by atoms with Crippen LogP contribution >= 0.6 is 0 Å². The van der Waals surface area contributed by atoms with Gasteiger partial charge >= 0.3 is 5.97 Å². The molecule has 0 heterocycles. The largest absolute Gasteiger partial charge is 0.468 e. The van der Waals surface area contributed by atoms with Gasteiger partial charge in [0.25, 0.3) is 0 Å². The minimum absolute atomic E-state index is 0.0367. The fourth-order valence-corrected chi connectivity index (χ4v) is 0.855. The molecule has 0 aliphatic rings. The van der Waals surface area contributed by atoms with Crippen LogP contribution in [0.5, 0.6) is 0 Å². The first kappa shape index (κ1) is 11.6. The lowest BCUT2D eigenvalue weighted by Gasteiger charge is -2.16. The average Bonchev–Trinajstić information content (AvgIpc) is 2.12. The van der Waals surface area contributed by atoms with Gasteiger partial charge in [-0.1, -0.05) is 0 Å². The van der Waals surface area contributed by atoms with E-state index in [1.54, 1.807) is 0 Å². The number of rotatable bonds is 4. The summed E-state index contributed by atoms with van der Waals surface area (Å²) in [5, 5.41) is 8.74. The van der Waals surface area contributed by atoms with Gasteiger partial charge in [0, 0.05) is 6.42 Å². The van der Waals surface area contributed by atoms with Crippen LogP contribution in [0.3, 0.4) is 0 Å². The zero-order chi connectivity index (χ0) is 10.5. The van der Waals surface area contributed by atoms with Gasteiger partial charge in [-0.05, 0) is 20.3 Å². The minimum Gasteiger partial charge on any atom is -0.468 e. The number of Topliss-reactive ketones (excluding diaryl/α,β-unsaturated/α-hetero) is 1. The normalized spacial score (nSPS) is 14.0. The van der Waals surface area contributed by atoms with E-state index in [1.807, 2.05) is 6.07 Å². The second-order valence-electron chi connectivity index (χ2n) is 3.14. The van der Waals surface area contributed by atoms with E-state index in [1.165, 1.54) is 21.0 Å². The predicted octanol–water partition coefficient (Wildman–Crippen LogP) is 1.06. The van der Waals surface area contributed by atoms with Gasteiger partial charge in [0.2, 0.25) is 0 Å². The van der Waals surface area contributed by atoms with E-state index in [0.717, 1.165) is 0 Å². The van der Waals surface area contributed by atoms with Crippen molar-refractivity contribution in [2.75, 3.05) is 7.11 Å².